The fourth-order valence-corrected chi connectivity index (χ4v) is 3.49. The molecule has 0 radical (unpaired) electrons. The van der Waals surface area contributed by atoms with Gasteiger partial charge >= 0.3 is 0 Å². The normalized spacial score (nSPS) is 12.0. The third kappa shape index (κ3) is 4.94. The predicted molar refractivity (Wildman–Crippen MR) is 95.1 cm³/mol. The molecule has 2 aromatic carbocycles. The maximum Gasteiger partial charge on any atom is 0.230 e. The first-order valence-corrected chi connectivity index (χ1v) is 8.70. The minimum absolute atomic E-state index is 0.0243. The van der Waals surface area contributed by atoms with E-state index < -0.39 is 0 Å². The average molecular weight is 354 g/mol. The minimum Gasteiger partial charge on any atom is -0.355 e. The van der Waals surface area contributed by atoms with Crippen molar-refractivity contribution in [3.05, 3.63) is 64.1 Å². The van der Waals surface area contributed by atoms with Crippen LogP contribution in [0.4, 0.5) is 0 Å². The summed E-state index contributed by atoms with van der Waals surface area (Å²) in [6.45, 7) is 2.70. The highest BCUT2D eigenvalue weighted by Crippen LogP contribution is 2.33. The molecular weight excluding hydrogens is 337 g/mol. The van der Waals surface area contributed by atoms with Crippen molar-refractivity contribution < 1.29 is 4.79 Å². The summed E-state index contributed by atoms with van der Waals surface area (Å²) in [4.78, 5) is 12.7. The van der Waals surface area contributed by atoms with Gasteiger partial charge in [-0.15, -0.1) is 11.8 Å². The molecule has 0 spiro atoms. The third-order valence-electron chi connectivity index (χ3n) is 3.24. The van der Waals surface area contributed by atoms with Gasteiger partial charge in [0.2, 0.25) is 5.91 Å². The molecule has 0 aromatic heterocycles. The van der Waals surface area contributed by atoms with Gasteiger partial charge in [0.25, 0.3) is 0 Å². The van der Waals surface area contributed by atoms with E-state index in [0.717, 1.165) is 4.90 Å². The van der Waals surface area contributed by atoms with Gasteiger partial charge in [0, 0.05) is 11.4 Å². The maximum absolute atomic E-state index is 12.0. The summed E-state index contributed by atoms with van der Waals surface area (Å²) >= 11 is 13.5. The van der Waals surface area contributed by atoms with Gasteiger partial charge in [-0.2, -0.15) is 0 Å². The molecule has 116 valence electrons. The van der Waals surface area contributed by atoms with E-state index in [-0.39, 0.29) is 11.8 Å². The lowest BCUT2D eigenvalue weighted by Crippen LogP contribution is -2.28. The summed E-state index contributed by atoms with van der Waals surface area (Å²) in [5, 5.41) is 4.09. The molecule has 0 fully saturated rings. The van der Waals surface area contributed by atoms with E-state index in [4.69, 9.17) is 23.2 Å². The highest BCUT2D eigenvalue weighted by molar-refractivity contribution is 8.00. The molecule has 2 nitrogen and oxygen atoms in total. The molecule has 0 bridgehead atoms. The summed E-state index contributed by atoms with van der Waals surface area (Å²) in [6.07, 6.45) is 0. The fourth-order valence-electron chi connectivity index (χ4n) is 1.98. The second-order valence-corrected chi connectivity index (χ2v) is 6.76. The van der Waals surface area contributed by atoms with Gasteiger partial charge in [0.15, 0.2) is 0 Å². The van der Waals surface area contributed by atoms with E-state index in [9.17, 15) is 4.79 Å². The zero-order chi connectivity index (χ0) is 15.9. The van der Waals surface area contributed by atoms with E-state index in [1.54, 1.807) is 18.2 Å². The molecule has 22 heavy (non-hydrogen) atoms. The summed E-state index contributed by atoms with van der Waals surface area (Å²) in [5.74, 6) is 0.549. The highest BCUT2D eigenvalue weighted by atomic mass is 35.5. The van der Waals surface area contributed by atoms with E-state index in [0.29, 0.717) is 22.3 Å². The Morgan fingerprint density at radius 3 is 2.36 bits per heavy atom. The first kappa shape index (κ1) is 17.2. The number of rotatable bonds is 6. The largest absolute Gasteiger partial charge is 0.355 e. The van der Waals surface area contributed by atoms with Crippen molar-refractivity contribution in [2.75, 3.05) is 12.3 Å². The molecule has 1 N–H and O–H groups in total. The molecular formula is C17H17Cl2NOS. The number of carbonyl (C=O) groups is 1. The molecule has 0 heterocycles. The Bertz CT molecular complexity index is 614. The molecule has 1 amide bonds. The summed E-state index contributed by atoms with van der Waals surface area (Å²) in [7, 11) is 0. The maximum atomic E-state index is 12.0. The van der Waals surface area contributed by atoms with Gasteiger partial charge in [0.05, 0.1) is 15.8 Å². The van der Waals surface area contributed by atoms with E-state index >= 15 is 0 Å². The molecule has 2 rings (SSSR count). The Labute approximate surface area is 145 Å². The van der Waals surface area contributed by atoms with Crippen LogP contribution in [0, 0.1) is 0 Å². The average Bonchev–Trinajstić information content (AvgIpc) is 2.53. The first-order chi connectivity index (χ1) is 10.6. The zero-order valence-electron chi connectivity index (χ0n) is 12.2. The van der Waals surface area contributed by atoms with Crippen LogP contribution in [0.5, 0.6) is 0 Å². The number of hydrogen-bond acceptors (Lipinski definition) is 2. The molecule has 0 aliphatic heterocycles. The van der Waals surface area contributed by atoms with Crippen LogP contribution >= 0.6 is 35.0 Å². The second kappa shape index (κ2) is 8.47. The lowest BCUT2D eigenvalue weighted by Gasteiger charge is -2.13. The summed E-state index contributed by atoms with van der Waals surface area (Å²) in [6, 6.07) is 15.4. The number of amides is 1. The minimum atomic E-state index is -0.0243. The Morgan fingerprint density at radius 2 is 1.73 bits per heavy atom. The van der Waals surface area contributed by atoms with Crippen molar-refractivity contribution in [1.82, 2.24) is 5.32 Å². The number of hydrogen-bond donors (Lipinski definition) is 1. The molecule has 0 unspecified atom stereocenters. The van der Waals surface area contributed by atoms with Crippen molar-refractivity contribution in [1.29, 1.82) is 0 Å². The van der Waals surface area contributed by atoms with Crippen LogP contribution in [0.15, 0.2) is 53.4 Å². The van der Waals surface area contributed by atoms with Crippen LogP contribution in [0.25, 0.3) is 0 Å². The highest BCUT2D eigenvalue weighted by Gasteiger charge is 2.11. The topological polar surface area (TPSA) is 29.1 Å². The molecule has 0 saturated heterocycles. The lowest BCUT2D eigenvalue weighted by atomic mass is 10.0. The number of halogens is 2. The van der Waals surface area contributed by atoms with Crippen LogP contribution in [-0.4, -0.2) is 18.2 Å². The summed E-state index contributed by atoms with van der Waals surface area (Å²) < 4.78 is 0. The van der Waals surface area contributed by atoms with Gasteiger partial charge in [-0.1, -0.05) is 66.5 Å². The van der Waals surface area contributed by atoms with Crippen LogP contribution in [0.1, 0.15) is 18.4 Å². The number of nitrogens with one attached hydrogen (secondary N) is 1. The van der Waals surface area contributed by atoms with Crippen molar-refractivity contribution in [2.24, 2.45) is 0 Å². The molecule has 1 atom stereocenters. The number of thioether (sulfide) groups is 1. The third-order valence-corrected chi connectivity index (χ3v) is 5.23. The summed E-state index contributed by atoms with van der Waals surface area (Å²) in [5.41, 5.74) is 1.21. The first-order valence-electron chi connectivity index (χ1n) is 6.96. The standard InChI is InChI=1S/C17H17Cl2NOS/c1-12(13-6-3-2-4-7-13)10-20-16(21)11-22-17-14(18)8-5-9-15(17)19/h2-9,12H,10-11H2,1H3,(H,20,21)/t12-/m1/s1. The monoisotopic (exact) mass is 353 g/mol. The molecule has 0 aliphatic rings. The second-order valence-electron chi connectivity index (χ2n) is 4.96. The molecule has 0 saturated carbocycles. The Kier molecular flexibility index (Phi) is 6.62. The fraction of sp³-hybridized carbons (Fsp3) is 0.235. The predicted octanol–water partition coefficient (Wildman–Crippen LogP) is 5.01. The van der Waals surface area contributed by atoms with E-state index in [1.807, 2.05) is 18.2 Å². The smallest absolute Gasteiger partial charge is 0.230 e. The molecule has 0 aliphatic carbocycles. The number of carbonyl (C=O) groups excluding carboxylic acids is 1. The van der Waals surface area contributed by atoms with Crippen LogP contribution in [0.3, 0.4) is 0 Å². The van der Waals surface area contributed by atoms with Crippen LogP contribution < -0.4 is 5.32 Å². The van der Waals surface area contributed by atoms with E-state index in [1.165, 1.54) is 17.3 Å². The van der Waals surface area contributed by atoms with Crippen LogP contribution in [-0.2, 0) is 4.79 Å². The van der Waals surface area contributed by atoms with Crippen LogP contribution in [0.2, 0.25) is 10.0 Å². The van der Waals surface area contributed by atoms with Crippen molar-refractivity contribution in [3.63, 3.8) is 0 Å². The van der Waals surface area contributed by atoms with Gasteiger partial charge < -0.3 is 5.32 Å². The Morgan fingerprint density at radius 1 is 1.09 bits per heavy atom. The molecule has 2 aromatic rings. The quantitative estimate of drug-likeness (QED) is 0.739. The van der Waals surface area contributed by atoms with E-state index in [2.05, 4.69) is 24.4 Å². The lowest BCUT2D eigenvalue weighted by molar-refractivity contribution is -0.118. The Hall–Kier alpha value is -1.16. The molecule has 5 heteroatoms. The van der Waals surface area contributed by atoms with Gasteiger partial charge in [-0.05, 0) is 23.6 Å². The van der Waals surface area contributed by atoms with Gasteiger partial charge in [-0.25, -0.2) is 0 Å². The van der Waals surface area contributed by atoms with Gasteiger partial charge in [0.1, 0.15) is 0 Å². The van der Waals surface area contributed by atoms with Crippen molar-refractivity contribution in [3.8, 4) is 0 Å². The van der Waals surface area contributed by atoms with Gasteiger partial charge in [-0.3, -0.25) is 4.79 Å². The Balaban J connectivity index is 1.81. The zero-order valence-corrected chi connectivity index (χ0v) is 14.5. The SMILES string of the molecule is C[C@H](CNC(=O)CSc1c(Cl)cccc1Cl)c1ccccc1. The number of benzene rings is 2. The van der Waals surface area contributed by atoms with Crippen molar-refractivity contribution >= 4 is 40.9 Å². The van der Waals surface area contributed by atoms with Crippen molar-refractivity contribution in [2.45, 2.75) is 17.7 Å².